The van der Waals surface area contributed by atoms with Crippen LogP contribution in [0.15, 0.2) is 48.5 Å². The van der Waals surface area contributed by atoms with Crippen molar-refractivity contribution in [3.8, 4) is 0 Å². The molecule has 3 nitrogen and oxygen atoms in total. The molecule has 2 fully saturated rings. The van der Waals surface area contributed by atoms with Gasteiger partial charge in [-0.1, -0.05) is 42.0 Å². The molecule has 2 aromatic carbocycles. The number of hydrogen-bond acceptors (Lipinski definition) is 3. The number of carbonyl (C=O) groups is 2. The summed E-state index contributed by atoms with van der Waals surface area (Å²) in [4.78, 5) is 25.6. The lowest BCUT2D eigenvalue weighted by Crippen LogP contribution is -2.24. The Kier molecular flexibility index (Phi) is 4.42. The average molecular weight is 386 g/mol. The van der Waals surface area contributed by atoms with E-state index >= 15 is 0 Å². The summed E-state index contributed by atoms with van der Waals surface area (Å²) < 4.78 is 5.12. The molecule has 148 valence electrons. The monoisotopic (exact) mass is 386 g/mol. The lowest BCUT2D eigenvalue weighted by Gasteiger charge is -2.26. The maximum atomic E-state index is 13.6. The van der Waals surface area contributed by atoms with Crippen molar-refractivity contribution in [2.75, 3.05) is 6.61 Å². The summed E-state index contributed by atoms with van der Waals surface area (Å²) in [6.45, 7) is 4.24. The first-order valence-corrected chi connectivity index (χ1v) is 10.7. The van der Waals surface area contributed by atoms with Crippen molar-refractivity contribution in [3.05, 3.63) is 70.8 Å². The van der Waals surface area contributed by atoms with Crippen molar-refractivity contribution in [2.45, 2.75) is 33.1 Å². The fraction of sp³-hybridized carbons (Fsp3) is 0.385. The van der Waals surface area contributed by atoms with Gasteiger partial charge in [-0.3, -0.25) is 4.79 Å². The lowest BCUT2D eigenvalue weighted by atomic mass is 9.77. The normalized spacial score (nSPS) is 27.4. The van der Waals surface area contributed by atoms with Crippen molar-refractivity contribution in [2.24, 2.45) is 23.7 Å². The Hall–Kier alpha value is -2.68. The van der Waals surface area contributed by atoms with Crippen molar-refractivity contribution >= 4 is 22.9 Å². The minimum atomic E-state index is -0.299. The molecular weight excluding hydrogens is 360 g/mol. The Balaban J connectivity index is 1.62. The first kappa shape index (κ1) is 18.4. The summed E-state index contributed by atoms with van der Waals surface area (Å²) in [5.74, 6) is 1.64. The van der Waals surface area contributed by atoms with E-state index in [4.69, 9.17) is 4.74 Å². The predicted molar refractivity (Wildman–Crippen MR) is 113 cm³/mol. The number of fused-ring (bicyclic) bond motifs is 5. The maximum Gasteiger partial charge on any atom is 0.338 e. The van der Waals surface area contributed by atoms with E-state index in [9.17, 15) is 9.59 Å². The number of carbonyl (C=O) groups excluding carboxylic acids is 2. The van der Waals surface area contributed by atoms with E-state index in [1.165, 1.54) is 30.4 Å². The van der Waals surface area contributed by atoms with Gasteiger partial charge >= 0.3 is 5.97 Å². The van der Waals surface area contributed by atoms with E-state index in [1.54, 1.807) is 0 Å². The van der Waals surface area contributed by atoms with Crippen molar-refractivity contribution in [1.82, 2.24) is 0 Å². The van der Waals surface area contributed by atoms with Crippen LogP contribution in [0.1, 0.15) is 53.2 Å². The Labute approximate surface area is 171 Å². The molecule has 0 heterocycles. The minimum absolute atomic E-state index is 0.143. The SMILES string of the molecule is CCOC(=O)c1ccc(C2=C(c3ccc(C)cc3)C(=O)[C@@H]3[C@H]4CC[C@H](C4)[C@H]23)cc1. The minimum Gasteiger partial charge on any atom is -0.462 e. The van der Waals surface area contributed by atoms with Crippen LogP contribution in [0, 0.1) is 30.6 Å². The van der Waals surface area contributed by atoms with E-state index in [0.717, 1.165) is 16.7 Å². The number of benzene rings is 2. The van der Waals surface area contributed by atoms with Gasteiger partial charge in [0, 0.05) is 11.5 Å². The van der Waals surface area contributed by atoms with Crippen LogP contribution in [0.5, 0.6) is 0 Å². The maximum absolute atomic E-state index is 13.6. The average Bonchev–Trinajstić information content (AvgIpc) is 3.42. The zero-order valence-corrected chi connectivity index (χ0v) is 17.0. The van der Waals surface area contributed by atoms with Crippen LogP contribution in [0.4, 0.5) is 0 Å². The highest BCUT2D eigenvalue weighted by molar-refractivity contribution is 6.32. The first-order valence-electron chi connectivity index (χ1n) is 10.7. The third kappa shape index (κ3) is 2.87. The Morgan fingerprint density at radius 1 is 0.931 bits per heavy atom. The number of hydrogen-bond donors (Lipinski definition) is 0. The zero-order valence-electron chi connectivity index (χ0n) is 17.0. The summed E-state index contributed by atoms with van der Waals surface area (Å²) >= 11 is 0. The van der Waals surface area contributed by atoms with E-state index in [2.05, 4.69) is 31.2 Å². The van der Waals surface area contributed by atoms with Crippen LogP contribution in [-0.4, -0.2) is 18.4 Å². The molecule has 0 aromatic heterocycles. The molecule has 0 amide bonds. The molecule has 3 aliphatic rings. The molecule has 3 aliphatic carbocycles. The Morgan fingerprint density at radius 2 is 1.55 bits per heavy atom. The Morgan fingerprint density at radius 3 is 2.21 bits per heavy atom. The molecule has 2 saturated carbocycles. The van der Waals surface area contributed by atoms with Gasteiger partial charge in [0.2, 0.25) is 0 Å². The molecule has 2 bridgehead atoms. The van der Waals surface area contributed by atoms with Crippen LogP contribution in [0.3, 0.4) is 0 Å². The fourth-order valence-electron chi connectivity index (χ4n) is 5.91. The van der Waals surface area contributed by atoms with Gasteiger partial charge < -0.3 is 4.74 Å². The zero-order chi connectivity index (χ0) is 20.1. The van der Waals surface area contributed by atoms with Crippen LogP contribution in [0.25, 0.3) is 11.1 Å². The Bertz CT molecular complexity index is 997. The quantitative estimate of drug-likeness (QED) is 0.667. The molecule has 0 aliphatic heterocycles. The van der Waals surface area contributed by atoms with Gasteiger partial charge in [-0.2, -0.15) is 0 Å². The van der Waals surface area contributed by atoms with E-state index < -0.39 is 0 Å². The molecule has 29 heavy (non-hydrogen) atoms. The molecule has 0 N–H and O–H groups in total. The number of Topliss-reactive ketones (excluding diaryl/α,β-unsaturated/α-hetero) is 1. The van der Waals surface area contributed by atoms with Gasteiger partial charge in [0.15, 0.2) is 5.78 Å². The molecule has 5 rings (SSSR count). The summed E-state index contributed by atoms with van der Waals surface area (Å²) in [7, 11) is 0. The van der Waals surface area contributed by atoms with E-state index in [0.29, 0.717) is 35.7 Å². The van der Waals surface area contributed by atoms with E-state index in [1.807, 2.05) is 31.2 Å². The first-order chi connectivity index (χ1) is 14.1. The molecule has 0 saturated heterocycles. The summed E-state index contributed by atoms with van der Waals surface area (Å²) in [5.41, 5.74) is 5.95. The molecular formula is C26H26O3. The second-order valence-electron chi connectivity index (χ2n) is 8.70. The second kappa shape index (κ2) is 6.98. The van der Waals surface area contributed by atoms with Gasteiger partial charge in [-0.05, 0) is 79.7 Å². The number of allylic oxidation sites excluding steroid dienone is 2. The third-order valence-electron chi connectivity index (χ3n) is 7.12. The van der Waals surface area contributed by atoms with Gasteiger partial charge in [0.05, 0.1) is 12.2 Å². The molecule has 0 spiro atoms. The summed E-state index contributed by atoms with van der Waals surface area (Å²) in [6.07, 6.45) is 3.60. The molecule has 0 radical (unpaired) electrons. The van der Waals surface area contributed by atoms with Crippen LogP contribution >= 0.6 is 0 Å². The van der Waals surface area contributed by atoms with Gasteiger partial charge in [-0.15, -0.1) is 0 Å². The third-order valence-corrected chi connectivity index (χ3v) is 7.12. The van der Waals surface area contributed by atoms with Crippen LogP contribution in [-0.2, 0) is 9.53 Å². The molecule has 2 aromatic rings. The van der Waals surface area contributed by atoms with Gasteiger partial charge in [-0.25, -0.2) is 4.79 Å². The number of ether oxygens (including phenoxy) is 1. The summed E-state index contributed by atoms with van der Waals surface area (Å²) in [6, 6.07) is 16.0. The standard InChI is InChI=1S/C26H26O3/c1-3-29-26(28)18-10-8-16(9-11-18)21-22-19-12-13-20(14-19)24(22)25(27)23(21)17-6-4-15(2)5-7-17/h4-11,19-20,22,24H,3,12-14H2,1-2H3/t19-,20+,22-,24-/m1/s1. The molecule has 3 heteroatoms. The second-order valence-corrected chi connectivity index (χ2v) is 8.70. The van der Waals surface area contributed by atoms with Crippen LogP contribution < -0.4 is 0 Å². The highest BCUT2D eigenvalue weighted by atomic mass is 16.5. The van der Waals surface area contributed by atoms with E-state index in [-0.39, 0.29) is 11.9 Å². The summed E-state index contributed by atoms with van der Waals surface area (Å²) in [5, 5.41) is 0. The predicted octanol–water partition coefficient (Wildman–Crippen LogP) is 5.33. The smallest absolute Gasteiger partial charge is 0.338 e. The van der Waals surface area contributed by atoms with Crippen molar-refractivity contribution in [1.29, 1.82) is 0 Å². The van der Waals surface area contributed by atoms with Crippen molar-refractivity contribution in [3.63, 3.8) is 0 Å². The number of ketones is 1. The fourth-order valence-corrected chi connectivity index (χ4v) is 5.91. The van der Waals surface area contributed by atoms with Crippen LogP contribution in [0.2, 0.25) is 0 Å². The highest BCUT2D eigenvalue weighted by Gasteiger charge is 2.57. The lowest BCUT2D eigenvalue weighted by molar-refractivity contribution is -0.118. The number of rotatable bonds is 4. The van der Waals surface area contributed by atoms with Gasteiger partial charge in [0.25, 0.3) is 0 Å². The number of esters is 1. The molecule has 4 atom stereocenters. The number of aryl methyl sites for hydroxylation is 1. The van der Waals surface area contributed by atoms with Crippen molar-refractivity contribution < 1.29 is 14.3 Å². The van der Waals surface area contributed by atoms with Gasteiger partial charge in [0.1, 0.15) is 0 Å². The topological polar surface area (TPSA) is 43.4 Å². The molecule has 0 unspecified atom stereocenters. The largest absolute Gasteiger partial charge is 0.462 e. The highest BCUT2D eigenvalue weighted by Crippen LogP contribution is 2.62.